The summed E-state index contributed by atoms with van der Waals surface area (Å²) in [4.78, 5) is 12.4. The Labute approximate surface area is 184 Å². The summed E-state index contributed by atoms with van der Waals surface area (Å²) in [6.45, 7) is 2.09. The molecule has 5 rings (SSSR count). The lowest BCUT2D eigenvalue weighted by atomic mass is 9.94. The number of hydrogen-bond acceptors (Lipinski definition) is 6. The Balaban J connectivity index is 1.74. The van der Waals surface area contributed by atoms with Crippen LogP contribution >= 0.6 is 0 Å². The highest BCUT2D eigenvalue weighted by Crippen LogP contribution is 2.39. The number of nitrogens with two attached hydrogens (primary N) is 1. The van der Waals surface area contributed by atoms with E-state index in [4.69, 9.17) is 10.5 Å². The van der Waals surface area contributed by atoms with Crippen molar-refractivity contribution in [1.29, 1.82) is 5.26 Å². The van der Waals surface area contributed by atoms with Gasteiger partial charge in [-0.05, 0) is 43.0 Å². The van der Waals surface area contributed by atoms with E-state index >= 15 is 0 Å². The number of ether oxygens (including phenoxy) is 1. The Bertz CT molecular complexity index is 1460. The van der Waals surface area contributed by atoms with E-state index in [1.807, 2.05) is 44.3 Å². The van der Waals surface area contributed by atoms with E-state index in [0.717, 1.165) is 40.8 Å². The van der Waals surface area contributed by atoms with Crippen LogP contribution in [0.2, 0.25) is 0 Å². The van der Waals surface area contributed by atoms with Crippen molar-refractivity contribution in [2.75, 3.05) is 0 Å². The first-order chi connectivity index (χ1) is 15.5. The number of aromatic amines is 1. The van der Waals surface area contributed by atoms with E-state index < -0.39 is 0 Å². The molecule has 2 heterocycles. The molecule has 2 aromatic heterocycles. The summed E-state index contributed by atoms with van der Waals surface area (Å²) in [5.74, 6) is 0.593. The molecule has 0 unspecified atom stereocenters. The summed E-state index contributed by atoms with van der Waals surface area (Å²) < 4.78 is 7.73. The molecule has 3 N–H and O–H groups in total. The Hall–Kier alpha value is -3.96. The molecule has 160 valence electrons. The lowest BCUT2D eigenvalue weighted by Crippen LogP contribution is -2.14. The highest BCUT2D eigenvalue weighted by Gasteiger charge is 2.26. The van der Waals surface area contributed by atoms with Gasteiger partial charge in [0, 0.05) is 30.1 Å². The quantitative estimate of drug-likeness (QED) is 0.505. The molecule has 0 spiro atoms. The number of hydrogen-bond donors (Lipinski definition) is 2. The lowest BCUT2D eigenvalue weighted by Gasteiger charge is -2.14. The molecule has 1 aliphatic rings. The van der Waals surface area contributed by atoms with Gasteiger partial charge in [0.25, 0.3) is 5.56 Å². The number of nitriles is 1. The smallest absolute Gasteiger partial charge is 0.272 e. The van der Waals surface area contributed by atoms with Gasteiger partial charge in [0.1, 0.15) is 17.4 Å². The van der Waals surface area contributed by atoms with Crippen molar-refractivity contribution in [3.05, 3.63) is 63.7 Å². The standard InChI is InChI=1S/C24H22N6O2/c1-13-8-14(9-17-20(11-26)28-29-24(31)22(13)17)19-12-27-30(2)23(19)16-4-3-5-21(18(16)10-25)32-15-6-7-15/h3-5,8-9,12,15H,6-7,11,26H2,1-2H3,(H,29,31). The van der Waals surface area contributed by atoms with Gasteiger partial charge in [-0.1, -0.05) is 18.2 Å². The van der Waals surface area contributed by atoms with Crippen molar-refractivity contribution in [3.63, 3.8) is 0 Å². The first kappa shape index (κ1) is 20.0. The summed E-state index contributed by atoms with van der Waals surface area (Å²) in [6, 6.07) is 11.8. The molecule has 4 aromatic rings. The van der Waals surface area contributed by atoms with Crippen LogP contribution in [0, 0.1) is 18.3 Å². The maximum absolute atomic E-state index is 12.4. The molecular formula is C24H22N6O2. The van der Waals surface area contributed by atoms with Crippen LogP contribution in [0.1, 0.15) is 29.7 Å². The van der Waals surface area contributed by atoms with Crippen molar-refractivity contribution < 1.29 is 4.74 Å². The highest BCUT2D eigenvalue weighted by atomic mass is 16.5. The maximum atomic E-state index is 12.4. The van der Waals surface area contributed by atoms with Crippen molar-refractivity contribution in [2.45, 2.75) is 32.4 Å². The predicted molar refractivity (Wildman–Crippen MR) is 121 cm³/mol. The first-order valence-electron chi connectivity index (χ1n) is 10.5. The van der Waals surface area contributed by atoms with Gasteiger partial charge in [-0.25, -0.2) is 5.10 Å². The molecule has 0 saturated heterocycles. The summed E-state index contributed by atoms with van der Waals surface area (Å²) in [7, 11) is 1.85. The van der Waals surface area contributed by atoms with Gasteiger partial charge in [-0.2, -0.15) is 15.5 Å². The number of rotatable bonds is 5. The fraction of sp³-hybridized carbons (Fsp3) is 0.250. The average molecular weight is 426 g/mol. The van der Waals surface area contributed by atoms with Gasteiger partial charge in [-0.3, -0.25) is 9.48 Å². The summed E-state index contributed by atoms with van der Waals surface area (Å²) in [5.41, 5.74) is 10.8. The van der Waals surface area contributed by atoms with Crippen molar-refractivity contribution in [2.24, 2.45) is 12.8 Å². The molecule has 1 aliphatic carbocycles. The van der Waals surface area contributed by atoms with Crippen LogP contribution < -0.4 is 16.0 Å². The molecule has 1 fully saturated rings. The molecule has 0 amide bonds. The van der Waals surface area contributed by atoms with E-state index in [0.29, 0.717) is 27.8 Å². The second-order valence-corrected chi connectivity index (χ2v) is 8.06. The molecule has 1 saturated carbocycles. The van der Waals surface area contributed by atoms with Gasteiger partial charge in [0.15, 0.2) is 0 Å². The minimum absolute atomic E-state index is 0.187. The minimum atomic E-state index is -0.246. The van der Waals surface area contributed by atoms with Crippen LogP contribution in [-0.2, 0) is 13.6 Å². The first-order valence-corrected chi connectivity index (χ1v) is 10.5. The minimum Gasteiger partial charge on any atom is -0.489 e. The third-order valence-corrected chi connectivity index (χ3v) is 5.82. The topological polar surface area (TPSA) is 123 Å². The number of benzene rings is 2. The third-order valence-electron chi connectivity index (χ3n) is 5.82. The Kier molecular flexibility index (Phi) is 4.76. The lowest BCUT2D eigenvalue weighted by molar-refractivity contribution is 0.302. The van der Waals surface area contributed by atoms with E-state index in [2.05, 4.69) is 21.4 Å². The number of nitrogens with one attached hydrogen (secondary N) is 1. The van der Waals surface area contributed by atoms with Gasteiger partial charge in [-0.15, -0.1) is 0 Å². The molecule has 0 radical (unpaired) electrons. The zero-order chi connectivity index (χ0) is 22.4. The largest absolute Gasteiger partial charge is 0.489 e. The second-order valence-electron chi connectivity index (χ2n) is 8.06. The fourth-order valence-electron chi connectivity index (χ4n) is 4.14. The average Bonchev–Trinajstić information content (AvgIpc) is 3.52. The molecule has 0 aliphatic heterocycles. The van der Waals surface area contributed by atoms with Crippen LogP contribution in [0.25, 0.3) is 33.2 Å². The Morgan fingerprint density at radius 1 is 1.31 bits per heavy atom. The normalized spacial score (nSPS) is 13.3. The molecule has 2 aromatic carbocycles. The molecule has 0 atom stereocenters. The summed E-state index contributed by atoms with van der Waals surface area (Å²) in [6.07, 6.45) is 3.98. The molecule has 0 bridgehead atoms. The number of fused-ring (bicyclic) bond motifs is 1. The van der Waals surface area contributed by atoms with Gasteiger partial charge < -0.3 is 10.5 Å². The third kappa shape index (κ3) is 3.24. The summed E-state index contributed by atoms with van der Waals surface area (Å²) in [5, 5.41) is 22.4. The zero-order valence-electron chi connectivity index (χ0n) is 17.8. The van der Waals surface area contributed by atoms with E-state index in [1.54, 1.807) is 10.9 Å². The maximum Gasteiger partial charge on any atom is 0.272 e. The van der Waals surface area contributed by atoms with E-state index in [1.165, 1.54) is 0 Å². The van der Waals surface area contributed by atoms with Crippen LogP contribution in [-0.4, -0.2) is 26.1 Å². The van der Waals surface area contributed by atoms with Gasteiger partial charge in [0.05, 0.1) is 29.1 Å². The molecule has 32 heavy (non-hydrogen) atoms. The van der Waals surface area contributed by atoms with Crippen LogP contribution in [0.5, 0.6) is 5.75 Å². The fourth-order valence-corrected chi connectivity index (χ4v) is 4.14. The van der Waals surface area contributed by atoms with Gasteiger partial charge >= 0.3 is 0 Å². The van der Waals surface area contributed by atoms with Crippen molar-refractivity contribution in [1.82, 2.24) is 20.0 Å². The molecule has 8 nitrogen and oxygen atoms in total. The van der Waals surface area contributed by atoms with Crippen molar-refractivity contribution in [3.8, 4) is 34.2 Å². The van der Waals surface area contributed by atoms with Crippen LogP contribution in [0.3, 0.4) is 0 Å². The molecule has 8 heteroatoms. The monoisotopic (exact) mass is 426 g/mol. The Morgan fingerprint density at radius 2 is 2.12 bits per heavy atom. The summed E-state index contributed by atoms with van der Waals surface area (Å²) >= 11 is 0. The molecular weight excluding hydrogens is 404 g/mol. The van der Waals surface area contributed by atoms with E-state index in [9.17, 15) is 10.1 Å². The predicted octanol–water partition coefficient (Wildman–Crippen LogP) is 3.17. The number of nitrogens with zero attached hydrogens (tertiary/aromatic N) is 4. The number of aryl methyl sites for hydroxylation is 2. The number of aromatic nitrogens is 4. The van der Waals surface area contributed by atoms with Crippen LogP contribution in [0.4, 0.5) is 0 Å². The number of H-pyrrole nitrogens is 1. The Morgan fingerprint density at radius 3 is 2.84 bits per heavy atom. The van der Waals surface area contributed by atoms with Crippen LogP contribution in [0.15, 0.2) is 41.3 Å². The second kappa shape index (κ2) is 7.62. The van der Waals surface area contributed by atoms with Crippen molar-refractivity contribution >= 4 is 10.8 Å². The highest BCUT2D eigenvalue weighted by molar-refractivity contribution is 5.94. The van der Waals surface area contributed by atoms with Gasteiger partial charge in [0.2, 0.25) is 0 Å². The zero-order valence-corrected chi connectivity index (χ0v) is 17.8. The van der Waals surface area contributed by atoms with E-state index in [-0.39, 0.29) is 18.2 Å². The SMILES string of the molecule is Cc1cc(-c2cnn(C)c2-c2cccc(OC3CC3)c2C#N)cc2c(CN)n[nH]c(=O)c12.